The van der Waals surface area contributed by atoms with Gasteiger partial charge in [-0.1, -0.05) is 18.2 Å². The lowest BCUT2D eigenvalue weighted by molar-refractivity contribution is -0.384. The van der Waals surface area contributed by atoms with E-state index in [1.54, 1.807) is 32.0 Å². The first-order valence-electron chi connectivity index (χ1n) is 8.15. The van der Waals surface area contributed by atoms with Crippen LogP contribution in [0.15, 0.2) is 36.4 Å². The number of nitro benzene ring substituents is 1. The molecule has 28 heavy (non-hydrogen) atoms. The number of nitro groups is 1. The van der Waals surface area contributed by atoms with Crippen LogP contribution < -0.4 is 10.1 Å². The Hall–Kier alpha value is -3.93. The van der Waals surface area contributed by atoms with Crippen LogP contribution in [0, 0.1) is 35.3 Å². The first kappa shape index (κ1) is 20.4. The van der Waals surface area contributed by atoms with E-state index in [0.29, 0.717) is 5.56 Å². The summed E-state index contributed by atoms with van der Waals surface area (Å²) in [6.07, 6.45) is 0. The van der Waals surface area contributed by atoms with Gasteiger partial charge in [-0.2, -0.15) is 5.26 Å². The molecule has 0 aliphatic carbocycles. The molecule has 0 unspecified atom stereocenters. The summed E-state index contributed by atoms with van der Waals surface area (Å²) in [6.45, 7) is 2.28. The highest BCUT2D eigenvalue weighted by atomic mass is 16.6. The lowest BCUT2D eigenvalue weighted by Gasteiger charge is -2.11. The molecule has 0 bridgehead atoms. The number of benzene rings is 2. The van der Waals surface area contributed by atoms with Crippen LogP contribution in [0.4, 0.5) is 11.4 Å². The fraction of sp³-hybridized carbons (Fsp3) is 0.211. The van der Waals surface area contributed by atoms with Crippen molar-refractivity contribution < 1.29 is 24.0 Å². The van der Waals surface area contributed by atoms with Crippen molar-refractivity contribution in [3.63, 3.8) is 0 Å². The summed E-state index contributed by atoms with van der Waals surface area (Å²) in [4.78, 5) is 34.3. The largest absolute Gasteiger partial charge is 0.481 e. The van der Waals surface area contributed by atoms with Gasteiger partial charge in [-0.3, -0.25) is 14.9 Å². The first-order valence-corrected chi connectivity index (χ1v) is 8.15. The molecule has 0 aliphatic rings. The summed E-state index contributed by atoms with van der Waals surface area (Å²) < 4.78 is 10.0. The van der Waals surface area contributed by atoms with E-state index in [-0.39, 0.29) is 22.7 Å². The smallest absolute Gasteiger partial charge is 0.344 e. The first-order chi connectivity index (χ1) is 13.3. The zero-order chi connectivity index (χ0) is 20.7. The number of ether oxygens (including phenoxy) is 2. The van der Waals surface area contributed by atoms with Crippen LogP contribution >= 0.6 is 0 Å². The third-order valence-electron chi connectivity index (χ3n) is 3.89. The summed E-state index contributed by atoms with van der Waals surface area (Å²) in [6, 6.07) is 11.2. The summed E-state index contributed by atoms with van der Waals surface area (Å²) in [5.74, 6) is -1.32. The number of rotatable bonds is 7. The minimum absolute atomic E-state index is 0.0604. The third-order valence-corrected chi connectivity index (χ3v) is 3.89. The van der Waals surface area contributed by atoms with Crippen LogP contribution in [0.3, 0.4) is 0 Å². The van der Waals surface area contributed by atoms with Gasteiger partial charge < -0.3 is 14.8 Å². The number of hydrogen-bond donors (Lipinski definition) is 1. The molecule has 2 aromatic carbocycles. The molecule has 9 nitrogen and oxygen atoms in total. The van der Waals surface area contributed by atoms with E-state index < -0.39 is 30.0 Å². The molecule has 0 aromatic heterocycles. The number of amides is 1. The maximum absolute atomic E-state index is 12.0. The molecule has 0 aliphatic heterocycles. The molecule has 2 rings (SSSR count). The molecular formula is C19H17N3O6. The summed E-state index contributed by atoms with van der Waals surface area (Å²) in [7, 11) is 0. The highest BCUT2D eigenvalue weighted by Crippen LogP contribution is 2.30. The maximum atomic E-state index is 12.0. The van der Waals surface area contributed by atoms with Gasteiger partial charge in [0.2, 0.25) is 0 Å². The van der Waals surface area contributed by atoms with Crippen molar-refractivity contribution >= 4 is 23.3 Å². The summed E-state index contributed by atoms with van der Waals surface area (Å²) in [5, 5.41) is 22.5. The lowest BCUT2D eigenvalue weighted by atomic mass is 10.1. The number of carbonyl (C=O) groups excluding carboxylic acids is 2. The minimum Gasteiger partial charge on any atom is -0.481 e. The van der Waals surface area contributed by atoms with Crippen LogP contribution in [0.1, 0.15) is 16.7 Å². The molecule has 0 saturated heterocycles. The van der Waals surface area contributed by atoms with Crippen molar-refractivity contribution in [2.45, 2.75) is 13.8 Å². The highest BCUT2D eigenvalue weighted by molar-refractivity contribution is 5.96. The minimum atomic E-state index is -0.821. The normalized spacial score (nSPS) is 9.89. The SMILES string of the molecule is Cc1ccc([N+](=O)[O-])c(NC(=O)COC(=O)COc2ccccc2C#N)c1C. The number of para-hydroxylation sites is 1. The number of carbonyl (C=O) groups is 2. The van der Waals surface area contributed by atoms with Gasteiger partial charge in [0, 0.05) is 6.07 Å². The molecule has 0 radical (unpaired) electrons. The van der Waals surface area contributed by atoms with Crippen molar-refractivity contribution in [1.29, 1.82) is 5.26 Å². The fourth-order valence-electron chi connectivity index (χ4n) is 2.30. The van der Waals surface area contributed by atoms with Gasteiger partial charge in [-0.05, 0) is 37.1 Å². The number of hydrogen-bond acceptors (Lipinski definition) is 7. The Morgan fingerprint density at radius 3 is 2.57 bits per heavy atom. The Morgan fingerprint density at radius 1 is 1.18 bits per heavy atom. The Kier molecular flexibility index (Phi) is 6.65. The zero-order valence-electron chi connectivity index (χ0n) is 15.2. The Labute approximate surface area is 160 Å². The van der Waals surface area contributed by atoms with Crippen molar-refractivity contribution in [2.24, 2.45) is 0 Å². The van der Waals surface area contributed by atoms with Crippen molar-refractivity contribution in [1.82, 2.24) is 0 Å². The molecule has 0 fully saturated rings. The molecule has 144 valence electrons. The lowest BCUT2D eigenvalue weighted by Crippen LogP contribution is -2.24. The predicted molar refractivity (Wildman–Crippen MR) is 98.8 cm³/mol. The van der Waals surface area contributed by atoms with Crippen LogP contribution in [0.25, 0.3) is 0 Å². The Morgan fingerprint density at radius 2 is 1.89 bits per heavy atom. The Bertz CT molecular complexity index is 965. The van der Waals surface area contributed by atoms with Crippen LogP contribution in [-0.2, 0) is 14.3 Å². The van der Waals surface area contributed by atoms with Crippen molar-refractivity contribution in [3.8, 4) is 11.8 Å². The van der Waals surface area contributed by atoms with Gasteiger partial charge in [-0.15, -0.1) is 0 Å². The second-order valence-corrected chi connectivity index (χ2v) is 5.76. The molecular weight excluding hydrogens is 366 g/mol. The average Bonchev–Trinajstić information content (AvgIpc) is 2.68. The standard InChI is InChI=1S/C19H17N3O6/c1-12-7-8-15(22(25)26)19(13(12)2)21-17(23)10-28-18(24)11-27-16-6-4-3-5-14(16)9-20/h3-8H,10-11H2,1-2H3,(H,21,23). The number of esters is 1. The van der Waals surface area contributed by atoms with Gasteiger partial charge in [0.15, 0.2) is 13.2 Å². The van der Waals surface area contributed by atoms with Gasteiger partial charge in [0.1, 0.15) is 17.5 Å². The topological polar surface area (TPSA) is 132 Å². The van der Waals surface area contributed by atoms with Gasteiger partial charge in [0.05, 0.1) is 10.5 Å². The molecule has 1 N–H and O–H groups in total. The number of nitrogens with one attached hydrogen (secondary N) is 1. The molecule has 0 atom stereocenters. The van der Waals surface area contributed by atoms with Crippen LogP contribution in [-0.4, -0.2) is 30.0 Å². The zero-order valence-corrected chi connectivity index (χ0v) is 15.2. The van der Waals surface area contributed by atoms with Gasteiger partial charge in [-0.25, -0.2) is 4.79 Å². The molecule has 0 heterocycles. The number of nitriles is 1. The molecule has 0 saturated carbocycles. The average molecular weight is 383 g/mol. The molecule has 9 heteroatoms. The summed E-state index contributed by atoms with van der Waals surface area (Å²) >= 11 is 0. The maximum Gasteiger partial charge on any atom is 0.344 e. The second kappa shape index (κ2) is 9.14. The van der Waals surface area contributed by atoms with Gasteiger partial charge in [0.25, 0.3) is 11.6 Å². The van der Waals surface area contributed by atoms with E-state index in [4.69, 9.17) is 14.7 Å². The van der Waals surface area contributed by atoms with Crippen molar-refractivity contribution in [2.75, 3.05) is 18.5 Å². The van der Waals surface area contributed by atoms with E-state index in [1.165, 1.54) is 18.2 Å². The van der Waals surface area contributed by atoms with Gasteiger partial charge >= 0.3 is 5.97 Å². The van der Waals surface area contributed by atoms with E-state index in [0.717, 1.165) is 5.56 Å². The quantitative estimate of drug-likeness (QED) is 0.441. The van der Waals surface area contributed by atoms with E-state index in [9.17, 15) is 19.7 Å². The van der Waals surface area contributed by atoms with Crippen molar-refractivity contribution in [3.05, 3.63) is 63.2 Å². The van der Waals surface area contributed by atoms with Crippen LogP contribution in [0.5, 0.6) is 5.75 Å². The van der Waals surface area contributed by atoms with E-state index in [1.807, 2.05) is 6.07 Å². The fourth-order valence-corrected chi connectivity index (χ4v) is 2.30. The highest BCUT2D eigenvalue weighted by Gasteiger charge is 2.20. The second-order valence-electron chi connectivity index (χ2n) is 5.76. The molecule has 2 aromatic rings. The number of nitrogens with zero attached hydrogens (tertiary/aromatic N) is 2. The van der Waals surface area contributed by atoms with Crippen LogP contribution in [0.2, 0.25) is 0 Å². The predicted octanol–water partition coefficient (Wildman–Crippen LogP) is 2.64. The van der Waals surface area contributed by atoms with E-state index >= 15 is 0 Å². The Balaban J connectivity index is 1.93. The monoisotopic (exact) mass is 383 g/mol. The molecule has 0 spiro atoms. The van der Waals surface area contributed by atoms with E-state index in [2.05, 4.69) is 5.32 Å². The third kappa shape index (κ3) is 5.04. The molecule has 1 amide bonds. The number of aryl methyl sites for hydroxylation is 1. The summed E-state index contributed by atoms with van der Waals surface area (Å²) in [5.41, 5.74) is 1.38. The number of anilines is 1.